The number of anilines is 1. The van der Waals surface area contributed by atoms with Crippen molar-refractivity contribution in [2.24, 2.45) is 0 Å². The summed E-state index contributed by atoms with van der Waals surface area (Å²) < 4.78 is 5.31. The topological polar surface area (TPSA) is 79.0 Å². The van der Waals surface area contributed by atoms with Crippen molar-refractivity contribution in [3.8, 4) is 0 Å². The van der Waals surface area contributed by atoms with Gasteiger partial charge in [-0.15, -0.1) is 0 Å². The van der Waals surface area contributed by atoms with Crippen LogP contribution in [-0.2, 0) is 14.3 Å². The molecule has 1 N–H and O–H groups in total. The van der Waals surface area contributed by atoms with Crippen LogP contribution in [-0.4, -0.2) is 54.1 Å². The maximum Gasteiger partial charge on any atom is 0.407 e. The molecule has 1 atom stereocenters. The molecule has 1 saturated heterocycles. The number of carbonyl (C=O) groups excluding carboxylic acids is 3. The average molecular weight is 464 g/mol. The highest BCUT2D eigenvalue weighted by molar-refractivity contribution is 6.07. The summed E-state index contributed by atoms with van der Waals surface area (Å²) in [5.41, 5.74) is 1.92. The second-order valence-corrected chi connectivity index (χ2v) is 9.43. The molecule has 2 aromatic carbocycles. The molecule has 1 fully saturated rings. The van der Waals surface area contributed by atoms with Gasteiger partial charge in [-0.3, -0.25) is 14.5 Å². The van der Waals surface area contributed by atoms with E-state index >= 15 is 0 Å². The number of rotatable bonds is 6. The van der Waals surface area contributed by atoms with Gasteiger partial charge >= 0.3 is 6.09 Å². The second-order valence-electron chi connectivity index (χ2n) is 9.43. The highest BCUT2D eigenvalue weighted by Crippen LogP contribution is 2.21. The van der Waals surface area contributed by atoms with Gasteiger partial charge in [-0.25, -0.2) is 4.79 Å². The molecule has 1 heterocycles. The van der Waals surface area contributed by atoms with Gasteiger partial charge in [-0.05, 0) is 57.4 Å². The first-order chi connectivity index (χ1) is 16.1. The molecular weight excluding hydrogens is 430 g/mol. The molecule has 7 nitrogen and oxygen atoms in total. The van der Waals surface area contributed by atoms with Crippen LogP contribution in [0, 0.1) is 6.92 Å². The third-order valence-corrected chi connectivity index (χ3v) is 5.45. The van der Waals surface area contributed by atoms with E-state index in [0.29, 0.717) is 25.2 Å². The van der Waals surface area contributed by atoms with Gasteiger partial charge in [-0.2, -0.15) is 0 Å². The zero-order valence-corrected chi connectivity index (χ0v) is 20.3. The number of hydrogen-bond donors (Lipinski definition) is 1. The maximum absolute atomic E-state index is 13.2. The normalized spacial score (nSPS) is 15.9. The van der Waals surface area contributed by atoms with Crippen molar-refractivity contribution in [2.45, 2.75) is 45.8 Å². The van der Waals surface area contributed by atoms with Crippen molar-refractivity contribution in [1.29, 1.82) is 0 Å². The minimum atomic E-state index is -0.583. The van der Waals surface area contributed by atoms with Gasteiger partial charge in [0.15, 0.2) is 0 Å². The molecule has 1 aliphatic rings. The summed E-state index contributed by atoms with van der Waals surface area (Å²) in [5, 5.41) is 2.83. The number of amides is 3. The summed E-state index contributed by atoms with van der Waals surface area (Å²) >= 11 is 0. The lowest BCUT2D eigenvalue weighted by Crippen LogP contribution is -2.44. The molecule has 1 aliphatic heterocycles. The minimum absolute atomic E-state index is 0.0814. The van der Waals surface area contributed by atoms with Gasteiger partial charge in [0.25, 0.3) is 5.91 Å². The number of alkyl carbamates (subject to hydrolysis) is 1. The van der Waals surface area contributed by atoms with Gasteiger partial charge in [0, 0.05) is 24.9 Å². The summed E-state index contributed by atoms with van der Waals surface area (Å²) in [5.74, 6) is -0.438. The van der Waals surface area contributed by atoms with E-state index in [0.717, 1.165) is 11.1 Å². The van der Waals surface area contributed by atoms with Crippen LogP contribution in [0.4, 0.5) is 10.5 Å². The van der Waals surface area contributed by atoms with Crippen LogP contribution >= 0.6 is 0 Å². The third-order valence-electron chi connectivity index (χ3n) is 5.45. The standard InChI is InChI=1S/C27H33N3O4/c1-20-10-8-9-13-23(20)30(24(31)15-14-21-11-6-5-7-12-21)19-25(32)29-17-16-22(18-29)28-26(33)34-27(2,3)4/h5-15,22H,16-19H2,1-4H3,(H,28,33)/b15-14+. The number of nitrogens with one attached hydrogen (secondary N) is 1. The lowest BCUT2D eigenvalue weighted by molar-refractivity contribution is -0.130. The predicted octanol–water partition coefficient (Wildman–Crippen LogP) is 4.17. The number of para-hydroxylation sites is 1. The average Bonchev–Trinajstić information content (AvgIpc) is 3.24. The zero-order chi connectivity index (χ0) is 24.7. The molecule has 0 spiro atoms. The Morgan fingerprint density at radius 2 is 1.76 bits per heavy atom. The molecular formula is C27H33N3O4. The number of ether oxygens (including phenoxy) is 1. The Morgan fingerprint density at radius 3 is 2.44 bits per heavy atom. The third kappa shape index (κ3) is 7.20. The van der Waals surface area contributed by atoms with E-state index in [-0.39, 0.29) is 24.4 Å². The first-order valence-corrected chi connectivity index (χ1v) is 11.5. The molecule has 3 amide bonds. The zero-order valence-electron chi connectivity index (χ0n) is 20.3. The summed E-state index contributed by atoms with van der Waals surface area (Å²) in [6.45, 7) is 8.14. The first kappa shape index (κ1) is 25.0. The molecule has 34 heavy (non-hydrogen) atoms. The van der Waals surface area contributed by atoms with Crippen molar-refractivity contribution in [3.05, 3.63) is 71.8 Å². The molecule has 0 aromatic heterocycles. The number of nitrogens with zero attached hydrogens (tertiary/aromatic N) is 2. The number of benzene rings is 2. The van der Waals surface area contributed by atoms with Gasteiger partial charge in [0.05, 0.1) is 6.04 Å². The highest BCUT2D eigenvalue weighted by atomic mass is 16.6. The fourth-order valence-corrected chi connectivity index (χ4v) is 3.78. The van der Waals surface area contributed by atoms with E-state index in [4.69, 9.17) is 4.74 Å². The van der Waals surface area contributed by atoms with Crippen molar-refractivity contribution in [1.82, 2.24) is 10.2 Å². The van der Waals surface area contributed by atoms with Crippen molar-refractivity contribution in [3.63, 3.8) is 0 Å². The van der Waals surface area contributed by atoms with Crippen molar-refractivity contribution >= 4 is 29.7 Å². The van der Waals surface area contributed by atoms with Crippen LogP contribution in [0.15, 0.2) is 60.7 Å². The van der Waals surface area contributed by atoms with Crippen LogP contribution in [0.1, 0.15) is 38.3 Å². The fraction of sp³-hybridized carbons (Fsp3) is 0.370. The molecule has 3 rings (SSSR count). The van der Waals surface area contributed by atoms with E-state index in [1.54, 1.807) is 31.7 Å². The number of aryl methyl sites for hydroxylation is 1. The summed E-state index contributed by atoms with van der Waals surface area (Å²) in [6, 6.07) is 16.9. The molecule has 1 unspecified atom stereocenters. The Kier molecular flexibility index (Phi) is 8.10. The smallest absolute Gasteiger partial charge is 0.407 e. The molecule has 2 aromatic rings. The van der Waals surface area contributed by atoms with Gasteiger partial charge in [0.1, 0.15) is 12.1 Å². The Hall–Kier alpha value is -3.61. The summed E-state index contributed by atoms with van der Waals surface area (Å²) in [4.78, 5) is 41.6. The van der Waals surface area contributed by atoms with Gasteiger partial charge in [0.2, 0.25) is 5.91 Å². The monoisotopic (exact) mass is 463 g/mol. The van der Waals surface area contributed by atoms with Crippen LogP contribution in [0.2, 0.25) is 0 Å². The largest absolute Gasteiger partial charge is 0.444 e. The lowest BCUT2D eigenvalue weighted by Gasteiger charge is -2.26. The number of hydrogen-bond acceptors (Lipinski definition) is 4. The Bertz CT molecular complexity index is 1040. The molecule has 0 aliphatic carbocycles. The molecule has 7 heteroatoms. The predicted molar refractivity (Wildman–Crippen MR) is 133 cm³/mol. The van der Waals surface area contributed by atoms with E-state index < -0.39 is 11.7 Å². The van der Waals surface area contributed by atoms with Crippen molar-refractivity contribution < 1.29 is 19.1 Å². The lowest BCUT2D eigenvalue weighted by atomic mass is 10.1. The van der Waals surface area contributed by atoms with Crippen LogP contribution in [0.25, 0.3) is 6.08 Å². The maximum atomic E-state index is 13.2. The Labute approximate surface area is 201 Å². The SMILES string of the molecule is Cc1ccccc1N(CC(=O)N1CCC(NC(=O)OC(C)(C)C)C1)C(=O)/C=C/c1ccccc1. The van der Waals surface area contributed by atoms with Crippen molar-refractivity contribution in [2.75, 3.05) is 24.5 Å². The number of carbonyl (C=O) groups is 3. The second kappa shape index (κ2) is 11.0. The number of likely N-dealkylation sites (tertiary alicyclic amines) is 1. The Balaban J connectivity index is 1.68. The van der Waals surface area contributed by atoms with E-state index in [1.807, 2.05) is 61.5 Å². The molecule has 0 bridgehead atoms. The molecule has 0 saturated carbocycles. The van der Waals surface area contributed by atoms with Crippen LogP contribution in [0.5, 0.6) is 0 Å². The molecule has 0 radical (unpaired) electrons. The quantitative estimate of drug-likeness (QED) is 0.653. The van der Waals surface area contributed by atoms with Crippen LogP contribution < -0.4 is 10.2 Å². The summed E-state index contributed by atoms with van der Waals surface area (Å²) in [7, 11) is 0. The van der Waals surface area contributed by atoms with E-state index in [1.165, 1.54) is 11.0 Å². The minimum Gasteiger partial charge on any atom is -0.444 e. The Morgan fingerprint density at radius 1 is 1.09 bits per heavy atom. The van der Waals surface area contributed by atoms with E-state index in [9.17, 15) is 14.4 Å². The summed E-state index contributed by atoms with van der Waals surface area (Å²) in [6.07, 6.45) is 3.38. The van der Waals surface area contributed by atoms with Gasteiger partial charge < -0.3 is 15.0 Å². The van der Waals surface area contributed by atoms with Gasteiger partial charge in [-0.1, -0.05) is 48.5 Å². The van der Waals surface area contributed by atoms with Crippen LogP contribution in [0.3, 0.4) is 0 Å². The fourth-order valence-electron chi connectivity index (χ4n) is 3.78. The molecule has 180 valence electrons. The van der Waals surface area contributed by atoms with E-state index in [2.05, 4.69) is 5.32 Å². The first-order valence-electron chi connectivity index (χ1n) is 11.5. The highest BCUT2D eigenvalue weighted by Gasteiger charge is 2.30.